The minimum atomic E-state index is -0.0798. The van der Waals surface area contributed by atoms with Gasteiger partial charge in [0.1, 0.15) is 0 Å². The quantitative estimate of drug-likeness (QED) is 0.364. The number of benzene rings is 3. The van der Waals surface area contributed by atoms with Crippen LogP contribution in [0.3, 0.4) is 0 Å². The van der Waals surface area contributed by atoms with E-state index in [1.165, 1.54) is 22.5 Å². The Bertz CT molecular complexity index is 1220. The molecule has 1 unspecified atom stereocenters. The molecule has 1 atom stereocenters. The molecule has 0 aliphatic heterocycles. The van der Waals surface area contributed by atoms with Gasteiger partial charge in [0.2, 0.25) is 5.91 Å². The van der Waals surface area contributed by atoms with E-state index in [0.29, 0.717) is 16.7 Å². The molecule has 4 rings (SSSR count). The number of nitrogens with one attached hydrogen (secondary N) is 1. The number of aromatic nitrogens is 3. The molecule has 0 radical (unpaired) electrons. The molecule has 4 aromatic rings. The number of hydrogen-bond donors (Lipinski definition) is 1. The zero-order valence-corrected chi connectivity index (χ0v) is 19.0. The van der Waals surface area contributed by atoms with Crippen LogP contribution >= 0.6 is 23.4 Å². The molecule has 158 valence electrons. The molecule has 0 fully saturated rings. The van der Waals surface area contributed by atoms with Crippen molar-refractivity contribution in [2.45, 2.75) is 31.6 Å². The molecule has 0 aliphatic carbocycles. The van der Waals surface area contributed by atoms with Crippen molar-refractivity contribution >= 4 is 40.0 Å². The minimum absolute atomic E-state index is 0.0411. The molecule has 1 heterocycles. The number of carbonyl (C=O) groups excluding carboxylic acids is 1. The van der Waals surface area contributed by atoms with Gasteiger partial charge >= 0.3 is 0 Å². The van der Waals surface area contributed by atoms with Crippen molar-refractivity contribution in [2.24, 2.45) is 0 Å². The van der Waals surface area contributed by atoms with Crippen molar-refractivity contribution in [1.29, 1.82) is 0 Å². The van der Waals surface area contributed by atoms with Gasteiger partial charge in [0.25, 0.3) is 0 Å². The van der Waals surface area contributed by atoms with Crippen molar-refractivity contribution in [1.82, 2.24) is 20.1 Å². The fourth-order valence-electron chi connectivity index (χ4n) is 3.50. The van der Waals surface area contributed by atoms with Gasteiger partial charge in [-0.15, -0.1) is 10.2 Å². The van der Waals surface area contributed by atoms with Crippen LogP contribution in [0.25, 0.3) is 22.2 Å². The third kappa shape index (κ3) is 4.92. The van der Waals surface area contributed by atoms with Crippen LogP contribution in [0.4, 0.5) is 0 Å². The molecule has 0 spiro atoms. The van der Waals surface area contributed by atoms with Gasteiger partial charge in [0.15, 0.2) is 11.0 Å². The summed E-state index contributed by atoms with van der Waals surface area (Å²) in [7, 11) is 0. The van der Waals surface area contributed by atoms with Crippen LogP contribution in [0.1, 0.15) is 25.5 Å². The second-order valence-corrected chi connectivity index (χ2v) is 8.62. The number of nitrogens with zero attached hydrogens (tertiary/aromatic N) is 3. The SMILES string of the molecule is CCn1c(SCC(=O)NC(C)c2ccc3ccccc3c2)nnc1-c1cccc(Cl)c1. The van der Waals surface area contributed by atoms with Crippen molar-refractivity contribution in [2.75, 3.05) is 5.75 Å². The van der Waals surface area contributed by atoms with Crippen LogP contribution in [0.5, 0.6) is 0 Å². The highest BCUT2D eigenvalue weighted by Gasteiger charge is 2.16. The summed E-state index contributed by atoms with van der Waals surface area (Å²) in [4.78, 5) is 12.6. The van der Waals surface area contributed by atoms with E-state index >= 15 is 0 Å². The fourth-order valence-corrected chi connectivity index (χ4v) is 4.50. The Morgan fingerprint density at radius 3 is 2.65 bits per heavy atom. The zero-order valence-electron chi connectivity index (χ0n) is 17.4. The Hall–Kier alpha value is -2.83. The second kappa shape index (κ2) is 9.54. The molecule has 31 heavy (non-hydrogen) atoms. The summed E-state index contributed by atoms with van der Waals surface area (Å²) >= 11 is 7.50. The molecule has 1 N–H and O–H groups in total. The third-order valence-corrected chi connectivity index (χ3v) is 6.30. The van der Waals surface area contributed by atoms with Crippen LogP contribution in [0.15, 0.2) is 71.9 Å². The Kier molecular flexibility index (Phi) is 6.59. The Balaban J connectivity index is 1.41. The topological polar surface area (TPSA) is 59.8 Å². The molecule has 0 aliphatic rings. The molecule has 5 nitrogen and oxygen atoms in total. The van der Waals surface area contributed by atoms with E-state index < -0.39 is 0 Å². The summed E-state index contributed by atoms with van der Waals surface area (Å²) in [5, 5.41) is 15.4. The van der Waals surface area contributed by atoms with E-state index in [0.717, 1.165) is 17.0 Å². The highest BCUT2D eigenvalue weighted by atomic mass is 35.5. The lowest BCUT2D eigenvalue weighted by molar-refractivity contribution is -0.119. The first kappa shape index (κ1) is 21.4. The molecule has 3 aromatic carbocycles. The molecule has 1 amide bonds. The van der Waals surface area contributed by atoms with Crippen LogP contribution < -0.4 is 5.32 Å². The Labute approximate surface area is 190 Å². The van der Waals surface area contributed by atoms with Crippen molar-refractivity contribution in [3.8, 4) is 11.4 Å². The number of fused-ring (bicyclic) bond motifs is 1. The predicted molar refractivity (Wildman–Crippen MR) is 127 cm³/mol. The monoisotopic (exact) mass is 450 g/mol. The van der Waals surface area contributed by atoms with Crippen molar-refractivity contribution in [3.05, 3.63) is 77.3 Å². The van der Waals surface area contributed by atoms with Gasteiger partial charge in [-0.3, -0.25) is 4.79 Å². The zero-order chi connectivity index (χ0) is 21.8. The van der Waals surface area contributed by atoms with Crippen LogP contribution in [0.2, 0.25) is 5.02 Å². The van der Waals surface area contributed by atoms with Crippen LogP contribution in [-0.4, -0.2) is 26.4 Å². The van der Waals surface area contributed by atoms with Gasteiger partial charge in [-0.25, -0.2) is 0 Å². The first-order chi connectivity index (χ1) is 15.0. The highest BCUT2D eigenvalue weighted by molar-refractivity contribution is 7.99. The van der Waals surface area contributed by atoms with Gasteiger partial charge in [0, 0.05) is 17.1 Å². The molecule has 0 saturated carbocycles. The normalized spacial score (nSPS) is 12.1. The summed E-state index contributed by atoms with van der Waals surface area (Å²) in [6.45, 7) is 4.73. The standard InChI is InChI=1S/C24H23ClN4OS/c1-3-29-23(20-9-6-10-21(25)14-20)27-28-24(29)31-15-22(30)26-16(2)18-12-11-17-7-4-5-8-19(17)13-18/h4-14,16H,3,15H2,1-2H3,(H,26,30). The molecule has 7 heteroatoms. The van der Waals surface area contributed by atoms with E-state index in [9.17, 15) is 4.79 Å². The third-order valence-electron chi connectivity index (χ3n) is 5.10. The van der Waals surface area contributed by atoms with Gasteiger partial charge < -0.3 is 9.88 Å². The maximum Gasteiger partial charge on any atom is 0.230 e. The summed E-state index contributed by atoms with van der Waals surface area (Å²) in [5.74, 6) is 0.976. The number of thioether (sulfide) groups is 1. The lowest BCUT2D eigenvalue weighted by Gasteiger charge is -2.15. The molecule has 1 aromatic heterocycles. The fraction of sp³-hybridized carbons (Fsp3) is 0.208. The lowest BCUT2D eigenvalue weighted by atomic mass is 10.0. The van der Waals surface area contributed by atoms with Gasteiger partial charge in [-0.2, -0.15) is 0 Å². The molecule has 0 saturated heterocycles. The maximum absolute atomic E-state index is 12.6. The summed E-state index contributed by atoms with van der Waals surface area (Å²) in [5.41, 5.74) is 1.99. The van der Waals surface area contributed by atoms with Crippen LogP contribution in [0, 0.1) is 0 Å². The second-order valence-electron chi connectivity index (χ2n) is 7.25. The van der Waals surface area contributed by atoms with Crippen molar-refractivity contribution < 1.29 is 4.79 Å². The number of hydrogen-bond acceptors (Lipinski definition) is 4. The number of rotatable bonds is 7. The average Bonchev–Trinajstić information content (AvgIpc) is 3.20. The highest BCUT2D eigenvalue weighted by Crippen LogP contribution is 2.26. The Morgan fingerprint density at radius 2 is 1.87 bits per heavy atom. The number of carbonyl (C=O) groups is 1. The van der Waals surface area contributed by atoms with E-state index in [1.807, 2.05) is 54.8 Å². The largest absolute Gasteiger partial charge is 0.349 e. The van der Waals surface area contributed by atoms with Gasteiger partial charge in [0.05, 0.1) is 11.8 Å². The average molecular weight is 451 g/mol. The summed E-state index contributed by atoms with van der Waals surface area (Å²) in [6, 6.07) is 21.9. The van der Waals surface area contributed by atoms with E-state index in [-0.39, 0.29) is 17.7 Å². The minimum Gasteiger partial charge on any atom is -0.349 e. The van der Waals surface area contributed by atoms with Gasteiger partial charge in [-0.05, 0) is 48.4 Å². The van der Waals surface area contributed by atoms with E-state index in [1.54, 1.807) is 0 Å². The predicted octanol–water partition coefficient (Wildman–Crippen LogP) is 5.74. The van der Waals surface area contributed by atoms with E-state index in [2.05, 4.69) is 45.8 Å². The molecular formula is C24H23ClN4OS. The first-order valence-corrected chi connectivity index (χ1v) is 11.5. The maximum atomic E-state index is 12.6. The van der Waals surface area contributed by atoms with Gasteiger partial charge in [-0.1, -0.05) is 71.9 Å². The Morgan fingerprint density at radius 1 is 1.06 bits per heavy atom. The molecular weight excluding hydrogens is 428 g/mol. The number of halogens is 1. The van der Waals surface area contributed by atoms with E-state index in [4.69, 9.17) is 11.6 Å². The molecule has 0 bridgehead atoms. The smallest absolute Gasteiger partial charge is 0.230 e. The summed E-state index contributed by atoms with van der Waals surface area (Å²) < 4.78 is 2.00. The summed E-state index contributed by atoms with van der Waals surface area (Å²) in [6.07, 6.45) is 0. The van der Waals surface area contributed by atoms with Crippen LogP contribution in [-0.2, 0) is 11.3 Å². The van der Waals surface area contributed by atoms with Crippen molar-refractivity contribution in [3.63, 3.8) is 0 Å². The lowest BCUT2D eigenvalue weighted by Crippen LogP contribution is -2.28. The number of amides is 1. The first-order valence-electron chi connectivity index (χ1n) is 10.1.